The van der Waals surface area contributed by atoms with Crippen LogP contribution in [-0.4, -0.2) is 24.7 Å². The Morgan fingerprint density at radius 3 is 2.93 bits per heavy atom. The van der Waals surface area contributed by atoms with Crippen LogP contribution >= 0.6 is 11.6 Å². The Bertz CT molecular complexity index is 1120. The Balaban J connectivity index is 1.53. The van der Waals surface area contributed by atoms with E-state index in [1.807, 2.05) is 18.0 Å². The fraction of sp³-hybridized carbons (Fsp3) is 0.304. The maximum atomic E-state index is 9.43. The van der Waals surface area contributed by atoms with Gasteiger partial charge in [-0.05, 0) is 43.0 Å². The molecule has 3 heterocycles. The number of nitriles is 1. The molecule has 2 aromatic rings. The summed E-state index contributed by atoms with van der Waals surface area (Å²) in [4.78, 5) is 6.03. The first-order chi connectivity index (χ1) is 14.6. The maximum Gasteiger partial charge on any atom is 0.166 e. The third kappa shape index (κ3) is 2.98. The number of fused-ring (bicyclic) bond motifs is 2. The number of anilines is 3. The minimum Gasteiger partial charge on any atom is -0.487 e. The lowest BCUT2D eigenvalue weighted by Crippen LogP contribution is -2.47. The molecular formula is C23H22ClN5O. The molecule has 6 nitrogen and oxygen atoms in total. The number of hydrogen-bond donors (Lipinski definition) is 2. The number of aromatic nitrogens is 1. The van der Waals surface area contributed by atoms with Crippen molar-refractivity contribution in [1.82, 2.24) is 10.3 Å². The van der Waals surface area contributed by atoms with E-state index in [0.717, 1.165) is 34.1 Å². The van der Waals surface area contributed by atoms with Crippen LogP contribution in [0.3, 0.4) is 0 Å². The standard InChI is InChI=1S/C23H22ClN5O/c1-13-22-21(28-19(12-30-22)14-4-3-5-14)16-10-15(6-7-20(16)29(13)2)27-18-8-9-26-23(24)17(18)11-25/h6-10,14,19,28H,1,3-5,12H2,2H3,(H,26,27). The van der Waals surface area contributed by atoms with Gasteiger partial charge >= 0.3 is 0 Å². The molecular weight excluding hydrogens is 398 g/mol. The largest absolute Gasteiger partial charge is 0.487 e. The fourth-order valence-electron chi connectivity index (χ4n) is 4.27. The number of ether oxygens (including phenoxy) is 1. The zero-order chi connectivity index (χ0) is 20.8. The van der Waals surface area contributed by atoms with Crippen LogP contribution in [0.4, 0.5) is 17.1 Å². The summed E-state index contributed by atoms with van der Waals surface area (Å²) in [5, 5.41) is 16.7. The van der Waals surface area contributed by atoms with Crippen molar-refractivity contribution in [2.45, 2.75) is 25.3 Å². The Kier molecular flexibility index (Phi) is 4.56. The molecule has 2 N–H and O–H groups in total. The fourth-order valence-corrected chi connectivity index (χ4v) is 4.47. The lowest BCUT2D eigenvalue weighted by molar-refractivity contribution is 0.116. The molecule has 1 aliphatic carbocycles. The summed E-state index contributed by atoms with van der Waals surface area (Å²) >= 11 is 6.08. The summed E-state index contributed by atoms with van der Waals surface area (Å²) in [5.41, 5.74) is 5.76. The average Bonchev–Trinajstić information content (AvgIpc) is 2.71. The van der Waals surface area contributed by atoms with E-state index in [1.54, 1.807) is 12.3 Å². The number of benzene rings is 1. The van der Waals surface area contributed by atoms with Crippen molar-refractivity contribution in [3.8, 4) is 6.07 Å². The van der Waals surface area contributed by atoms with Crippen LogP contribution in [0.15, 0.2) is 48.5 Å². The second-order valence-corrected chi connectivity index (χ2v) is 8.31. The SMILES string of the molecule is C=C1C2=C(NC(C3CCC3)CO2)c2cc(Nc3ccnc(Cl)c3C#N)ccc2N1C. The molecule has 0 spiro atoms. The number of nitrogens with zero attached hydrogens (tertiary/aromatic N) is 3. The van der Waals surface area contributed by atoms with Crippen LogP contribution in [0.2, 0.25) is 5.15 Å². The van der Waals surface area contributed by atoms with Crippen LogP contribution in [0.5, 0.6) is 0 Å². The smallest absolute Gasteiger partial charge is 0.166 e. The predicted octanol–water partition coefficient (Wildman–Crippen LogP) is 4.77. The van der Waals surface area contributed by atoms with Gasteiger partial charge in [0.2, 0.25) is 0 Å². The van der Waals surface area contributed by atoms with Gasteiger partial charge in [0.25, 0.3) is 0 Å². The molecule has 7 heteroatoms. The first kappa shape index (κ1) is 18.8. The summed E-state index contributed by atoms with van der Waals surface area (Å²) in [6.45, 7) is 4.91. The lowest BCUT2D eigenvalue weighted by Gasteiger charge is -2.42. The van der Waals surface area contributed by atoms with Gasteiger partial charge in [0.1, 0.15) is 23.4 Å². The van der Waals surface area contributed by atoms with Crippen LogP contribution in [-0.2, 0) is 4.74 Å². The lowest BCUT2D eigenvalue weighted by atomic mass is 9.79. The van der Waals surface area contributed by atoms with E-state index >= 15 is 0 Å². The highest BCUT2D eigenvalue weighted by Gasteiger charge is 2.36. The van der Waals surface area contributed by atoms with Gasteiger partial charge in [0, 0.05) is 24.5 Å². The van der Waals surface area contributed by atoms with Gasteiger partial charge in [-0.3, -0.25) is 0 Å². The molecule has 0 saturated heterocycles. The summed E-state index contributed by atoms with van der Waals surface area (Å²) in [6.07, 6.45) is 5.38. The Morgan fingerprint density at radius 2 is 2.20 bits per heavy atom. The average molecular weight is 420 g/mol. The molecule has 1 unspecified atom stereocenters. The van der Waals surface area contributed by atoms with E-state index in [1.165, 1.54) is 19.3 Å². The van der Waals surface area contributed by atoms with E-state index in [9.17, 15) is 5.26 Å². The van der Waals surface area contributed by atoms with Gasteiger partial charge in [0.15, 0.2) is 5.76 Å². The zero-order valence-electron chi connectivity index (χ0n) is 16.7. The van der Waals surface area contributed by atoms with Gasteiger partial charge in [-0.1, -0.05) is 24.6 Å². The van der Waals surface area contributed by atoms with Gasteiger partial charge in [-0.15, -0.1) is 0 Å². The van der Waals surface area contributed by atoms with E-state index in [-0.39, 0.29) is 5.15 Å². The molecule has 2 aliphatic heterocycles. The molecule has 1 aromatic carbocycles. The highest BCUT2D eigenvalue weighted by atomic mass is 35.5. The maximum absolute atomic E-state index is 9.43. The summed E-state index contributed by atoms with van der Waals surface area (Å²) in [6, 6.07) is 10.3. The van der Waals surface area contributed by atoms with Gasteiger partial charge in [-0.25, -0.2) is 4.98 Å². The van der Waals surface area contributed by atoms with Crippen molar-refractivity contribution < 1.29 is 4.74 Å². The molecule has 0 bridgehead atoms. The Labute approximate surface area is 180 Å². The van der Waals surface area contributed by atoms with Crippen molar-refractivity contribution in [3.05, 3.63) is 64.8 Å². The number of halogens is 1. The minimum absolute atomic E-state index is 0.187. The molecule has 30 heavy (non-hydrogen) atoms. The molecule has 1 atom stereocenters. The number of rotatable bonds is 3. The van der Waals surface area contributed by atoms with Crippen molar-refractivity contribution in [3.63, 3.8) is 0 Å². The van der Waals surface area contributed by atoms with Crippen molar-refractivity contribution in [1.29, 1.82) is 5.26 Å². The third-order valence-corrected chi connectivity index (χ3v) is 6.56. The van der Waals surface area contributed by atoms with Crippen LogP contribution in [0, 0.1) is 17.2 Å². The molecule has 1 fully saturated rings. The first-order valence-corrected chi connectivity index (χ1v) is 10.5. The number of likely N-dealkylation sites (N-methyl/N-ethyl adjacent to an activating group) is 1. The van der Waals surface area contributed by atoms with Gasteiger partial charge in [-0.2, -0.15) is 5.26 Å². The molecule has 5 rings (SSSR count). The van der Waals surface area contributed by atoms with Crippen LogP contribution < -0.4 is 15.5 Å². The molecule has 0 amide bonds. The summed E-state index contributed by atoms with van der Waals surface area (Å²) in [7, 11) is 2.00. The highest BCUT2D eigenvalue weighted by molar-refractivity contribution is 6.31. The number of hydrogen-bond acceptors (Lipinski definition) is 6. The third-order valence-electron chi connectivity index (χ3n) is 6.27. The number of pyridine rings is 1. The monoisotopic (exact) mass is 419 g/mol. The first-order valence-electron chi connectivity index (χ1n) is 10.1. The molecule has 1 aromatic heterocycles. The number of nitrogens with one attached hydrogen (secondary N) is 2. The normalized spacial score (nSPS) is 20.4. The van der Waals surface area contributed by atoms with E-state index in [4.69, 9.17) is 16.3 Å². The highest BCUT2D eigenvalue weighted by Crippen LogP contribution is 2.43. The topological polar surface area (TPSA) is 73.2 Å². The zero-order valence-corrected chi connectivity index (χ0v) is 17.5. The molecule has 3 aliphatic rings. The minimum atomic E-state index is 0.187. The van der Waals surface area contributed by atoms with Gasteiger partial charge in [0.05, 0.1) is 28.8 Å². The van der Waals surface area contributed by atoms with Crippen molar-refractivity contribution >= 4 is 34.4 Å². The molecule has 0 radical (unpaired) electrons. The quantitative estimate of drug-likeness (QED) is 0.698. The van der Waals surface area contributed by atoms with Gasteiger partial charge < -0.3 is 20.3 Å². The second-order valence-electron chi connectivity index (χ2n) is 7.96. The van der Waals surface area contributed by atoms with Crippen molar-refractivity contribution in [2.75, 3.05) is 23.9 Å². The van der Waals surface area contributed by atoms with E-state index < -0.39 is 0 Å². The predicted molar refractivity (Wildman–Crippen MR) is 118 cm³/mol. The molecule has 152 valence electrons. The summed E-state index contributed by atoms with van der Waals surface area (Å²) in [5.74, 6) is 1.47. The van der Waals surface area contributed by atoms with Crippen LogP contribution in [0.1, 0.15) is 30.4 Å². The molecule has 1 saturated carbocycles. The Hall–Kier alpha value is -3.17. The summed E-state index contributed by atoms with van der Waals surface area (Å²) < 4.78 is 6.19. The Morgan fingerprint density at radius 1 is 1.37 bits per heavy atom. The van der Waals surface area contributed by atoms with E-state index in [2.05, 4.69) is 40.4 Å². The van der Waals surface area contributed by atoms with Crippen LogP contribution in [0.25, 0.3) is 5.70 Å². The second kappa shape index (κ2) is 7.26. The van der Waals surface area contributed by atoms with E-state index in [0.29, 0.717) is 29.8 Å². The van der Waals surface area contributed by atoms with Crippen molar-refractivity contribution in [2.24, 2.45) is 5.92 Å².